The maximum absolute atomic E-state index is 5.79. The van der Waals surface area contributed by atoms with Crippen LogP contribution in [-0.4, -0.2) is 48.4 Å². The molecule has 2 aliphatic rings. The molecule has 0 N–H and O–H groups in total. The third kappa shape index (κ3) is 4.75. The molecule has 1 aromatic heterocycles. The molecule has 5 rings (SSSR count). The van der Waals surface area contributed by atoms with Gasteiger partial charge in [0.2, 0.25) is 0 Å². The van der Waals surface area contributed by atoms with E-state index in [4.69, 9.17) is 24.0 Å². The van der Waals surface area contributed by atoms with Crippen LogP contribution in [0.15, 0.2) is 48.5 Å². The number of epoxide rings is 2. The number of hydrogen-bond donors (Lipinski definition) is 0. The Balaban J connectivity index is 1.39. The summed E-state index contributed by atoms with van der Waals surface area (Å²) in [5.74, 6) is 1.73. The van der Waals surface area contributed by atoms with E-state index < -0.39 is 0 Å². The number of ether oxygens (including phenoxy) is 4. The summed E-state index contributed by atoms with van der Waals surface area (Å²) in [7, 11) is 2.01. The smallest absolute Gasteiger partial charge is 0.119 e. The summed E-state index contributed by atoms with van der Waals surface area (Å²) >= 11 is 0. The first-order valence-corrected chi connectivity index (χ1v) is 11.0. The van der Waals surface area contributed by atoms with Crippen molar-refractivity contribution in [2.45, 2.75) is 32.0 Å². The van der Waals surface area contributed by atoms with Gasteiger partial charge in [-0.05, 0) is 55.0 Å². The van der Waals surface area contributed by atoms with Gasteiger partial charge in [0, 0.05) is 23.7 Å². The van der Waals surface area contributed by atoms with Crippen molar-refractivity contribution in [2.75, 3.05) is 26.4 Å². The first kappa shape index (κ1) is 20.1. The summed E-state index contributed by atoms with van der Waals surface area (Å²) in [6.45, 7) is 5.04. The highest BCUT2D eigenvalue weighted by atomic mass is 16.6. The van der Waals surface area contributed by atoms with Crippen molar-refractivity contribution in [1.29, 1.82) is 0 Å². The van der Waals surface area contributed by atoms with Gasteiger partial charge in [-0.2, -0.15) is 5.10 Å². The zero-order valence-corrected chi connectivity index (χ0v) is 18.0. The molecule has 31 heavy (non-hydrogen) atoms. The Morgan fingerprint density at radius 3 is 1.87 bits per heavy atom. The van der Waals surface area contributed by atoms with Crippen LogP contribution in [0, 0.1) is 0 Å². The lowest BCUT2D eigenvalue weighted by molar-refractivity contribution is 0.263. The molecule has 0 aliphatic carbocycles. The van der Waals surface area contributed by atoms with Crippen LogP contribution in [0.4, 0.5) is 0 Å². The predicted octanol–water partition coefficient (Wildman–Crippen LogP) is 4.26. The minimum atomic E-state index is 0.257. The molecule has 0 spiro atoms. The second-order valence-electron chi connectivity index (χ2n) is 8.13. The Bertz CT molecular complexity index is 1020. The average molecular weight is 421 g/mol. The summed E-state index contributed by atoms with van der Waals surface area (Å²) in [4.78, 5) is 0. The van der Waals surface area contributed by atoms with E-state index >= 15 is 0 Å². The fraction of sp³-hybridized carbons (Fsp3) is 0.400. The molecule has 162 valence electrons. The molecule has 0 radical (unpaired) electrons. The van der Waals surface area contributed by atoms with Crippen molar-refractivity contribution in [3.8, 4) is 34.0 Å². The highest BCUT2D eigenvalue weighted by molar-refractivity contribution is 5.75. The van der Waals surface area contributed by atoms with Crippen LogP contribution < -0.4 is 9.47 Å². The SMILES string of the molecule is CCCc1c(-c2ccc(OCC3CO3)cc2)nn(C)c1-c1ccc(OCC2CO2)cc1. The van der Waals surface area contributed by atoms with Gasteiger partial charge in [0.15, 0.2) is 0 Å². The number of rotatable bonds is 10. The van der Waals surface area contributed by atoms with Crippen molar-refractivity contribution in [3.05, 3.63) is 54.1 Å². The van der Waals surface area contributed by atoms with Crippen molar-refractivity contribution in [3.63, 3.8) is 0 Å². The minimum absolute atomic E-state index is 0.257. The fourth-order valence-corrected chi connectivity index (χ4v) is 3.77. The van der Waals surface area contributed by atoms with Crippen LogP contribution >= 0.6 is 0 Å². The van der Waals surface area contributed by atoms with E-state index in [1.54, 1.807) is 0 Å². The van der Waals surface area contributed by atoms with Crippen LogP contribution in [0.2, 0.25) is 0 Å². The molecule has 2 fully saturated rings. The van der Waals surface area contributed by atoms with Gasteiger partial charge in [0.05, 0.1) is 24.6 Å². The zero-order chi connectivity index (χ0) is 21.2. The van der Waals surface area contributed by atoms with E-state index in [1.165, 1.54) is 5.56 Å². The van der Waals surface area contributed by atoms with Gasteiger partial charge in [0.25, 0.3) is 0 Å². The third-order valence-corrected chi connectivity index (χ3v) is 5.58. The summed E-state index contributed by atoms with van der Waals surface area (Å²) in [5.41, 5.74) is 5.70. The van der Waals surface area contributed by atoms with Crippen LogP contribution in [0.25, 0.3) is 22.5 Å². The molecule has 2 unspecified atom stereocenters. The van der Waals surface area contributed by atoms with Crippen LogP contribution in [0.1, 0.15) is 18.9 Å². The van der Waals surface area contributed by atoms with E-state index in [0.29, 0.717) is 13.2 Å². The van der Waals surface area contributed by atoms with E-state index in [-0.39, 0.29) is 12.2 Å². The highest BCUT2D eigenvalue weighted by Crippen LogP contribution is 2.34. The normalized spacial score (nSPS) is 19.3. The van der Waals surface area contributed by atoms with Crippen molar-refractivity contribution in [2.24, 2.45) is 7.05 Å². The molecule has 2 aromatic carbocycles. The van der Waals surface area contributed by atoms with Gasteiger partial charge in [-0.15, -0.1) is 0 Å². The summed E-state index contributed by atoms with van der Waals surface area (Å²) in [6, 6.07) is 16.5. The van der Waals surface area contributed by atoms with Gasteiger partial charge in [-0.25, -0.2) is 0 Å². The van der Waals surface area contributed by atoms with E-state index in [0.717, 1.165) is 60.1 Å². The quantitative estimate of drug-likeness (QED) is 0.459. The molecule has 2 saturated heterocycles. The van der Waals surface area contributed by atoms with Gasteiger partial charge < -0.3 is 18.9 Å². The number of nitrogens with zero attached hydrogens (tertiary/aromatic N) is 2. The largest absolute Gasteiger partial charge is 0.491 e. The third-order valence-electron chi connectivity index (χ3n) is 5.58. The van der Waals surface area contributed by atoms with Crippen molar-refractivity contribution in [1.82, 2.24) is 9.78 Å². The second kappa shape index (κ2) is 8.73. The van der Waals surface area contributed by atoms with Crippen molar-refractivity contribution >= 4 is 0 Å². The lowest BCUT2D eigenvalue weighted by Gasteiger charge is -2.09. The predicted molar refractivity (Wildman–Crippen MR) is 119 cm³/mol. The molecule has 0 bridgehead atoms. The van der Waals surface area contributed by atoms with E-state index in [2.05, 4.69) is 31.2 Å². The first-order chi connectivity index (χ1) is 15.2. The van der Waals surface area contributed by atoms with Gasteiger partial charge in [-0.1, -0.05) is 13.3 Å². The van der Waals surface area contributed by atoms with Gasteiger partial charge >= 0.3 is 0 Å². The Hall–Kier alpha value is -2.83. The molecular weight excluding hydrogens is 392 g/mol. The van der Waals surface area contributed by atoms with Gasteiger partial charge in [-0.3, -0.25) is 4.68 Å². The minimum Gasteiger partial charge on any atom is -0.491 e. The first-order valence-electron chi connectivity index (χ1n) is 11.0. The molecule has 3 aromatic rings. The van der Waals surface area contributed by atoms with Crippen molar-refractivity contribution < 1.29 is 18.9 Å². The number of aromatic nitrogens is 2. The standard InChI is InChI=1S/C25H28N2O4/c1-3-4-23-24(17-5-9-19(10-6-17)28-13-21-15-30-21)26-27(2)25(23)18-7-11-20(12-8-18)29-14-22-16-31-22/h5-12,21-22H,3-4,13-16H2,1-2H3. The average Bonchev–Trinajstić information content (AvgIpc) is 3.72. The van der Waals surface area contributed by atoms with Gasteiger partial charge in [0.1, 0.15) is 36.9 Å². The number of aryl methyl sites for hydroxylation is 1. The molecule has 3 heterocycles. The molecule has 2 atom stereocenters. The molecule has 0 amide bonds. The lowest BCUT2D eigenvalue weighted by Crippen LogP contribution is -2.03. The maximum Gasteiger partial charge on any atom is 0.119 e. The topological polar surface area (TPSA) is 61.3 Å². The Labute approximate surface area is 182 Å². The number of hydrogen-bond acceptors (Lipinski definition) is 5. The van der Waals surface area contributed by atoms with Crippen LogP contribution in [-0.2, 0) is 22.9 Å². The molecular formula is C25H28N2O4. The molecule has 6 heteroatoms. The zero-order valence-electron chi connectivity index (χ0n) is 18.0. The second-order valence-corrected chi connectivity index (χ2v) is 8.13. The van der Waals surface area contributed by atoms with E-state index in [1.807, 2.05) is 36.0 Å². The number of benzene rings is 2. The summed E-state index contributed by atoms with van der Waals surface area (Å²) in [6.07, 6.45) is 2.53. The Morgan fingerprint density at radius 2 is 1.39 bits per heavy atom. The lowest BCUT2D eigenvalue weighted by atomic mass is 9.98. The highest BCUT2D eigenvalue weighted by Gasteiger charge is 2.24. The Kier molecular flexibility index (Phi) is 5.66. The van der Waals surface area contributed by atoms with Crippen LogP contribution in [0.5, 0.6) is 11.5 Å². The maximum atomic E-state index is 5.79. The monoisotopic (exact) mass is 420 g/mol. The molecule has 6 nitrogen and oxygen atoms in total. The molecule has 2 aliphatic heterocycles. The van der Waals surface area contributed by atoms with E-state index in [9.17, 15) is 0 Å². The van der Waals surface area contributed by atoms with Crippen LogP contribution in [0.3, 0.4) is 0 Å². The Morgan fingerprint density at radius 1 is 0.871 bits per heavy atom. The molecule has 0 saturated carbocycles. The summed E-state index contributed by atoms with van der Waals surface area (Å²) in [5, 5.41) is 4.89. The summed E-state index contributed by atoms with van der Waals surface area (Å²) < 4.78 is 24.0. The fourth-order valence-electron chi connectivity index (χ4n) is 3.77.